The van der Waals surface area contributed by atoms with E-state index in [4.69, 9.17) is 21.1 Å². The molecule has 1 aliphatic rings. The summed E-state index contributed by atoms with van der Waals surface area (Å²) in [6.45, 7) is 0. The lowest BCUT2D eigenvalue weighted by Crippen LogP contribution is -2.42. The molecule has 174 valence electrons. The number of hydrogen-bond acceptors (Lipinski definition) is 4. The largest absolute Gasteiger partial charge is 0.493 e. The molecule has 1 fully saturated rings. The third-order valence-corrected chi connectivity index (χ3v) is 5.69. The fraction of sp³-hybridized carbons (Fsp3) is 0.160. The van der Waals surface area contributed by atoms with E-state index in [9.17, 15) is 14.0 Å². The van der Waals surface area contributed by atoms with Crippen LogP contribution in [-0.2, 0) is 4.79 Å². The summed E-state index contributed by atoms with van der Waals surface area (Å²) in [5.41, 5.74) is 4.54. The fourth-order valence-electron chi connectivity index (χ4n) is 3.76. The number of carbonyl (C=O) groups excluding carboxylic acids is 2. The minimum atomic E-state index is -0.921. The van der Waals surface area contributed by atoms with Crippen molar-refractivity contribution in [2.45, 2.75) is 12.1 Å². The second-order valence-electron chi connectivity index (χ2n) is 7.58. The van der Waals surface area contributed by atoms with E-state index in [0.29, 0.717) is 16.5 Å². The summed E-state index contributed by atoms with van der Waals surface area (Å²) in [7, 11) is 3.09. The number of hydrogen-bond donors (Lipinski definition) is 2. The molecule has 9 heteroatoms. The van der Waals surface area contributed by atoms with E-state index in [-0.39, 0.29) is 5.56 Å². The lowest BCUT2D eigenvalue weighted by atomic mass is 9.99. The molecule has 4 rings (SSSR count). The molecule has 0 bridgehead atoms. The molecule has 3 aromatic rings. The number of benzene rings is 3. The van der Waals surface area contributed by atoms with Crippen LogP contribution in [-0.4, -0.2) is 43.0 Å². The van der Waals surface area contributed by atoms with E-state index in [1.165, 1.54) is 31.4 Å². The molecule has 1 saturated heterocycles. The Labute approximate surface area is 200 Å². The van der Waals surface area contributed by atoms with Gasteiger partial charge < -0.3 is 14.8 Å². The normalized spacial score (nSPS) is 18.5. The zero-order valence-electron chi connectivity index (χ0n) is 18.4. The topological polar surface area (TPSA) is 79.7 Å². The van der Waals surface area contributed by atoms with Crippen LogP contribution in [0.2, 0.25) is 5.02 Å². The minimum absolute atomic E-state index is 0.242. The Morgan fingerprint density at radius 1 is 1.03 bits per heavy atom. The van der Waals surface area contributed by atoms with Crippen LogP contribution in [0.25, 0.3) is 0 Å². The molecular weight excluding hydrogens is 461 g/mol. The van der Waals surface area contributed by atoms with E-state index < -0.39 is 29.7 Å². The van der Waals surface area contributed by atoms with Crippen LogP contribution in [0.15, 0.2) is 66.7 Å². The van der Waals surface area contributed by atoms with Crippen LogP contribution in [0.1, 0.15) is 27.5 Å². The fourth-order valence-corrected chi connectivity index (χ4v) is 3.89. The highest BCUT2D eigenvalue weighted by Gasteiger charge is 2.47. The second kappa shape index (κ2) is 9.93. The van der Waals surface area contributed by atoms with Crippen molar-refractivity contribution >= 4 is 29.6 Å². The van der Waals surface area contributed by atoms with E-state index in [1.54, 1.807) is 54.4 Å². The maximum absolute atomic E-state index is 13.3. The Kier molecular flexibility index (Phi) is 6.79. The van der Waals surface area contributed by atoms with Crippen LogP contribution in [0.4, 0.5) is 4.39 Å². The minimum Gasteiger partial charge on any atom is -0.493 e. The quantitative estimate of drug-likeness (QED) is 0.527. The van der Waals surface area contributed by atoms with Gasteiger partial charge in [0.25, 0.3) is 5.91 Å². The van der Waals surface area contributed by atoms with E-state index in [0.717, 1.165) is 11.1 Å². The zero-order valence-corrected chi connectivity index (χ0v) is 19.2. The summed E-state index contributed by atoms with van der Waals surface area (Å²) in [6.07, 6.45) is 1.74. The summed E-state index contributed by atoms with van der Waals surface area (Å²) in [5, 5.41) is 3.32. The third kappa shape index (κ3) is 4.87. The first-order chi connectivity index (χ1) is 16.4. The number of hydrazine groups is 1. The van der Waals surface area contributed by atoms with Crippen molar-refractivity contribution in [1.82, 2.24) is 10.7 Å². The molecule has 3 aromatic carbocycles. The van der Waals surface area contributed by atoms with Crippen LogP contribution < -0.4 is 20.2 Å². The number of methoxy groups -OCH3 is 2. The summed E-state index contributed by atoms with van der Waals surface area (Å²) < 4.78 is 25.5. The number of nitrogens with one attached hydrogen (secondary N) is 2. The number of amides is 2. The summed E-state index contributed by atoms with van der Waals surface area (Å²) in [4.78, 5) is 25.8. The summed E-state index contributed by atoms with van der Waals surface area (Å²) in [6, 6.07) is 16.0. The maximum Gasteiger partial charge on any atom is 0.304 e. The molecule has 0 aromatic heterocycles. The van der Waals surface area contributed by atoms with Crippen LogP contribution >= 0.6 is 11.6 Å². The summed E-state index contributed by atoms with van der Waals surface area (Å²) in [5.74, 6) is -0.237. The van der Waals surface area contributed by atoms with Gasteiger partial charge in [-0.3, -0.25) is 9.59 Å². The van der Waals surface area contributed by atoms with Gasteiger partial charge in [0.15, 0.2) is 17.5 Å². The molecule has 2 amide bonds. The molecule has 0 spiro atoms. The van der Waals surface area contributed by atoms with Gasteiger partial charge in [-0.25, -0.2) is 4.39 Å². The van der Waals surface area contributed by atoms with Gasteiger partial charge in [0.2, 0.25) is 12.3 Å². The van der Waals surface area contributed by atoms with Crippen molar-refractivity contribution in [2.24, 2.45) is 0 Å². The third-order valence-electron chi connectivity index (χ3n) is 5.44. The highest BCUT2D eigenvalue weighted by molar-refractivity contribution is 6.30. The average molecular weight is 483 g/mol. The Morgan fingerprint density at radius 3 is 2.35 bits per heavy atom. The Hall–Kier alpha value is -3.91. The SMILES string of the molecule is COc1ccc(/C=[N+]2\NC(=O)[C@H](NC(=O)c3ccc(F)cc3)[C@@H]2c2ccc(Cl)cc2)cc1OC. The van der Waals surface area contributed by atoms with Gasteiger partial charge in [0, 0.05) is 21.7 Å². The van der Waals surface area contributed by atoms with Crippen molar-refractivity contribution in [3.63, 3.8) is 0 Å². The Bertz CT molecular complexity index is 1250. The van der Waals surface area contributed by atoms with Gasteiger partial charge in [-0.05, 0) is 54.6 Å². The van der Waals surface area contributed by atoms with Crippen molar-refractivity contribution in [1.29, 1.82) is 0 Å². The number of hydrazone groups is 1. The first kappa shape index (κ1) is 23.3. The smallest absolute Gasteiger partial charge is 0.304 e. The molecule has 34 heavy (non-hydrogen) atoms. The number of nitrogens with zero attached hydrogens (tertiary/aromatic N) is 1. The van der Waals surface area contributed by atoms with Gasteiger partial charge in [-0.15, -0.1) is 10.1 Å². The Morgan fingerprint density at radius 2 is 1.71 bits per heavy atom. The first-order valence-corrected chi connectivity index (χ1v) is 10.7. The molecule has 1 aliphatic heterocycles. The number of ether oxygens (including phenoxy) is 2. The van der Waals surface area contributed by atoms with Crippen LogP contribution in [0, 0.1) is 5.82 Å². The monoisotopic (exact) mass is 482 g/mol. The molecule has 2 atom stereocenters. The first-order valence-electron chi connectivity index (χ1n) is 10.4. The van der Waals surface area contributed by atoms with Gasteiger partial charge in [0.1, 0.15) is 5.82 Å². The highest BCUT2D eigenvalue weighted by Crippen LogP contribution is 2.29. The standard InChI is InChI=1S/C25H21ClFN3O4/c1-33-20-12-3-15(13-21(20)34-2)14-30-23(16-4-8-18(26)9-5-16)22(25(32)29-30)28-24(31)17-6-10-19(27)11-7-17/h3-14,22-23H,1-2H3,(H-,28,29,31,32)/p+1/b30-14-/t22-,23+/m1/s1. The molecular formula is C25H22ClFN3O4+. The van der Waals surface area contributed by atoms with Crippen molar-refractivity contribution in [3.05, 3.63) is 94.3 Å². The van der Waals surface area contributed by atoms with E-state index >= 15 is 0 Å². The molecule has 2 N–H and O–H groups in total. The van der Waals surface area contributed by atoms with Crippen molar-refractivity contribution in [3.8, 4) is 11.5 Å². The lowest BCUT2D eigenvalue weighted by Gasteiger charge is -2.15. The van der Waals surface area contributed by atoms with Crippen molar-refractivity contribution < 1.29 is 28.1 Å². The molecule has 0 aliphatic carbocycles. The van der Waals surface area contributed by atoms with E-state index in [1.807, 2.05) is 6.07 Å². The van der Waals surface area contributed by atoms with Crippen molar-refractivity contribution in [2.75, 3.05) is 14.2 Å². The molecule has 1 heterocycles. The number of rotatable bonds is 6. The number of carbonyl (C=O) groups is 2. The molecule has 7 nitrogen and oxygen atoms in total. The molecule has 0 radical (unpaired) electrons. The van der Waals surface area contributed by atoms with Gasteiger partial charge >= 0.3 is 5.91 Å². The lowest BCUT2D eigenvalue weighted by molar-refractivity contribution is -0.596. The molecule has 0 saturated carbocycles. The second-order valence-corrected chi connectivity index (χ2v) is 8.02. The Balaban J connectivity index is 1.71. The number of halogens is 2. The molecule has 0 unspecified atom stereocenters. The maximum atomic E-state index is 13.3. The summed E-state index contributed by atoms with van der Waals surface area (Å²) >= 11 is 6.06. The zero-order chi connectivity index (χ0) is 24.2. The van der Waals surface area contributed by atoms with Gasteiger partial charge in [0.05, 0.1) is 14.2 Å². The average Bonchev–Trinajstić information content (AvgIpc) is 3.14. The van der Waals surface area contributed by atoms with Crippen LogP contribution in [0.5, 0.6) is 11.5 Å². The predicted molar refractivity (Wildman–Crippen MR) is 125 cm³/mol. The van der Waals surface area contributed by atoms with Gasteiger partial charge in [-0.2, -0.15) is 0 Å². The van der Waals surface area contributed by atoms with E-state index in [2.05, 4.69) is 10.7 Å². The van der Waals surface area contributed by atoms with Crippen LogP contribution in [0.3, 0.4) is 0 Å². The van der Waals surface area contributed by atoms with Gasteiger partial charge in [-0.1, -0.05) is 23.7 Å². The highest BCUT2D eigenvalue weighted by atomic mass is 35.5. The predicted octanol–water partition coefficient (Wildman–Crippen LogP) is 3.51.